The summed E-state index contributed by atoms with van der Waals surface area (Å²) < 4.78 is 2.01. The summed E-state index contributed by atoms with van der Waals surface area (Å²) >= 11 is 0. The first kappa shape index (κ1) is 9.39. The van der Waals surface area contributed by atoms with Crippen molar-refractivity contribution in [1.82, 2.24) is 14.5 Å². The molecular formula is C12H14N4. The van der Waals surface area contributed by atoms with Gasteiger partial charge in [0.15, 0.2) is 5.82 Å². The first-order valence-electron chi connectivity index (χ1n) is 5.52. The predicted molar refractivity (Wildman–Crippen MR) is 64.3 cm³/mol. The predicted octanol–water partition coefficient (Wildman–Crippen LogP) is 2.10. The van der Waals surface area contributed by atoms with Crippen molar-refractivity contribution in [2.24, 2.45) is 7.05 Å². The van der Waals surface area contributed by atoms with Crippen molar-refractivity contribution in [3.63, 3.8) is 0 Å². The number of rotatable bonds is 2. The maximum Gasteiger partial charge on any atom is 0.154 e. The van der Waals surface area contributed by atoms with Crippen LogP contribution in [-0.4, -0.2) is 20.6 Å². The molecule has 1 aliphatic rings. The first-order valence-corrected chi connectivity index (χ1v) is 5.52. The van der Waals surface area contributed by atoms with Crippen LogP contribution in [0.15, 0.2) is 30.7 Å². The van der Waals surface area contributed by atoms with Crippen molar-refractivity contribution in [2.45, 2.75) is 18.9 Å². The molecule has 0 unspecified atom stereocenters. The van der Waals surface area contributed by atoms with Gasteiger partial charge in [0, 0.05) is 19.3 Å². The van der Waals surface area contributed by atoms with Gasteiger partial charge in [0.1, 0.15) is 5.52 Å². The molecule has 1 N–H and O–H groups in total. The van der Waals surface area contributed by atoms with Crippen molar-refractivity contribution in [2.75, 3.05) is 5.32 Å². The zero-order chi connectivity index (χ0) is 11.0. The van der Waals surface area contributed by atoms with Crippen molar-refractivity contribution in [3.8, 4) is 0 Å². The fourth-order valence-electron chi connectivity index (χ4n) is 2.10. The second kappa shape index (κ2) is 3.63. The number of aromatic nitrogens is 3. The molecular weight excluding hydrogens is 200 g/mol. The van der Waals surface area contributed by atoms with Gasteiger partial charge in [0.2, 0.25) is 0 Å². The quantitative estimate of drug-likeness (QED) is 0.778. The minimum Gasteiger partial charge on any atom is -0.365 e. The molecule has 2 aromatic rings. The van der Waals surface area contributed by atoms with Crippen LogP contribution in [0.5, 0.6) is 0 Å². The molecule has 16 heavy (non-hydrogen) atoms. The van der Waals surface area contributed by atoms with Crippen molar-refractivity contribution >= 4 is 16.9 Å². The molecule has 0 fully saturated rings. The van der Waals surface area contributed by atoms with E-state index in [0.29, 0.717) is 6.04 Å². The molecule has 1 aliphatic carbocycles. The van der Waals surface area contributed by atoms with E-state index in [-0.39, 0.29) is 0 Å². The summed E-state index contributed by atoms with van der Waals surface area (Å²) in [6.07, 6.45) is 10.2. The van der Waals surface area contributed by atoms with E-state index in [1.807, 2.05) is 30.2 Å². The van der Waals surface area contributed by atoms with Gasteiger partial charge in [0.25, 0.3) is 0 Å². The molecule has 4 heteroatoms. The molecule has 0 bridgehead atoms. The molecule has 3 rings (SSSR count). The Labute approximate surface area is 94.0 Å². The third kappa shape index (κ3) is 1.46. The lowest BCUT2D eigenvalue weighted by Gasteiger charge is -2.12. The molecule has 0 aliphatic heterocycles. The van der Waals surface area contributed by atoms with E-state index in [2.05, 4.69) is 27.4 Å². The highest BCUT2D eigenvalue weighted by Gasteiger charge is 2.13. The zero-order valence-corrected chi connectivity index (χ0v) is 9.22. The monoisotopic (exact) mass is 214 g/mol. The van der Waals surface area contributed by atoms with E-state index in [0.717, 1.165) is 29.7 Å². The Balaban J connectivity index is 1.96. The Morgan fingerprint density at radius 2 is 2.12 bits per heavy atom. The Bertz CT molecular complexity index is 533. The number of fused-ring (bicyclic) bond motifs is 1. The van der Waals surface area contributed by atoms with Crippen LogP contribution in [0, 0.1) is 0 Å². The minimum absolute atomic E-state index is 0.472. The summed E-state index contributed by atoms with van der Waals surface area (Å²) in [5.41, 5.74) is 2.07. The molecule has 0 aromatic carbocycles. The van der Waals surface area contributed by atoms with Gasteiger partial charge in [-0.15, -0.1) is 0 Å². The number of hydrogen-bond donors (Lipinski definition) is 1. The van der Waals surface area contributed by atoms with E-state index in [1.165, 1.54) is 0 Å². The second-order valence-corrected chi connectivity index (χ2v) is 4.17. The Morgan fingerprint density at radius 3 is 2.94 bits per heavy atom. The van der Waals surface area contributed by atoms with Gasteiger partial charge in [0.05, 0.1) is 11.8 Å². The highest BCUT2D eigenvalue weighted by Crippen LogP contribution is 2.22. The Morgan fingerprint density at radius 1 is 1.31 bits per heavy atom. The fraction of sp³-hybridized carbons (Fsp3) is 0.333. The van der Waals surface area contributed by atoms with Gasteiger partial charge in [-0.25, -0.2) is 9.97 Å². The number of hydrogen-bond acceptors (Lipinski definition) is 3. The average Bonchev–Trinajstić information content (AvgIpc) is 2.90. The minimum atomic E-state index is 0.472. The molecule has 0 spiro atoms. The summed E-state index contributed by atoms with van der Waals surface area (Å²) in [6.45, 7) is 0. The van der Waals surface area contributed by atoms with Gasteiger partial charge in [-0.1, -0.05) is 12.2 Å². The van der Waals surface area contributed by atoms with E-state index in [1.54, 1.807) is 0 Å². The summed E-state index contributed by atoms with van der Waals surface area (Å²) in [4.78, 5) is 8.75. The molecule has 2 heterocycles. The van der Waals surface area contributed by atoms with Crippen LogP contribution < -0.4 is 5.32 Å². The lowest BCUT2D eigenvalue weighted by Crippen LogP contribution is -2.16. The lowest BCUT2D eigenvalue weighted by atomic mass is 10.2. The summed E-state index contributed by atoms with van der Waals surface area (Å²) in [5, 5.41) is 3.45. The number of nitrogens with zero attached hydrogens (tertiary/aromatic N) is 3. The molecule has 0 amide bonds. The molecule has 0 atom stereocenters. The normalized spacial score (nSPS) is 16.1. The molecule has 4 nitrogen and oxygen atoms in total. The van der Waals surface area contributed by atoms with Gasteiger partial charge in [-0.05, 0) is 18.9 Å². The third-order valence-electron chi connectivity index (χ3n) is 2.99. The van der Waals surface area contributed by atoms with Crippen LogP contribution >= 0.6 is 0 Å². The largest absolute Gasteiger partial charge is 0.365 e. The zero-order valence-electron chi connectivity index (χ0n) is 9.22. The maximum atomic E-state index is 4.38. The van der Waals surface area contributed by atoms with Crippen LogP contribution in [0.25, 0.3) is 11.0 Å². The highest BCUT2D eigenvalue weighted by atomic mass is 15.1. The van der Waals surface area contributed by atoms with Crippen LogP contribution in [0.1, 0.15) is 12.8 Å². The van der Waals surface area contributed by atoms with E-state index < -0.39 is 0 Å². The number of nitrogens with one attached hydrogen (secondary N) is 1. The van der Waals surface area contributed by atoms with Crippen LogP contribution in [0.2, 0.25) is 0 Å². The Hall–Kier alpha value is -1.84. The van der Waals surface area contributed by atoms with Gasteiger partial charge in [-0.2, -0.15) is 0 Å². The van der Waals surface area contributed by atoms with Gasteiger partial charge < -0.3 is 9.88 Å². The number of anilines is 1. The smallest absolute Gasteiger partial charge is 0.154 e. The van der Waals surface area contributed by atoms with Crippen molar-refractivity contribution < 1.29 is 0 Å². The SMILES string of the molecule is Cn1cnc2c(NC3CC=CC3)nccc21. The second-order valence-electron chi connectivity index (χ2n) is 4.17. The number of aryl methyl sites for hydroxylation is 1. The highest BCUT2D eigenvalue weighted by molar-refractivity contribution is 5.85. The van der Waals surface area contributed by atoms with Crippen molar-refractivity contribution in [3.05, 3.63) is 30.7 Å². The molecule has 0 saturated carbocycles. The average molecular weight is 214 g/mol. The van der Waals surface area contributed by atoms with E-state index in [9.17, 15) is 0 Å². The topological polar surface area (TPSA) is 42.7 Å². The summed E-state index contributed by atoms with van der Waals surface area (Å²) in [5.74, 6) is 0.895. The van der Waals surface area contributed by atoms with Crippen LogP contribution in [0.4, 0.5) is 5.82 Å². The van der Waals surface area contributed by atoms with Crippen LogP contribution in [0.3, 0.4) is 0 Å². The molecule has 0 saturated heterocycles. The van der Waals surface area contributed by atoms with E-state index in [4.69, 9.17) is 0 Å². The Kier molecular flexibility index (Phi) is 2.13. The van der Waals surface area contributed by atoms with Gasteiger partial charge >= 0.3 is 0 Å². The number of pyridine rings is 1. The maximum absolute atomic E-state index is 4.38. The fourth-order valence-corrected chi connectivity index (χ4v) is 2.10. The third-order valence-corrected chi connectivity index (χ3v) is 2.99. The standard InChI is InChI=1S/C12H14N4/c1-16-8-14-11-10(16)6-7-13-12(11)15-9-4-2-3-5-9/h2-3,6-9H,4-5H2,1H3,(H,13,15). The van der Waals surface area contributed by atoms with Crippen molar-refractivity contribution in [1.29, 1.82) is 0 Å². The van der Waals surface area contributed by atoms with E-state index >= 15 is 0 Å². The summed E-state index contributed by atoms with van der Waals surface area (Å²) in [6, 6.07) is 2.46. The first-order chi connectivity index (χ1) is 7.84. The molecule has 2 aromatic heterocycles. The van der Waals surface area contributed by atoms with Crippen LogP contribution in [-0.2, 0) is 7.05 Å². The van der Waals surface area contributed by atoms with Gasteiger partial charge in [-0.3, -0.25) is 0 Å². The molecule has 0 radical (unpaired) electrons. The summed E-state index contributed by atoms with van der Waals surface area (Å²) in [7, 11) is 2.00. The number of imidazole rings is 1. The lowest BCUT2D eigenvalue weighted by molar-refractivity contribution is 0.782. The molecule has 82 valence electrons.